The second-order valence-electron chi connectivity index (χ2n) is 11.4. The number of fused-ring (bicyclic) bond motifs is 1. The lowest BCUT2D eigenvalue weighted by Gasteiger charge is -2.50. The van der Waals surface area contributed by atoms with Gasteiger partial charge in [-0.25, -0.2) is 0 Å². The topological polar surface area (TPSA) is 60.7 Å². The maximum atomic E-state index is 13.1. The van der Waals surface area contributed by atoms with E-state index in [1.54, 1.807) is 13.8 Å². The van der Waals surface area contributed by atoms with Crippen molar-refractivity contribution in [3.63, 3.8) is 0 Å². The van der Waals surface area contributed by atoms with E-state index in [4.69, 9.17) is 0 Å². The van der Waals surface area contributed by atoms with Crippen LogP contribution in [0, 0.1) is 22.7 Å². The number of hydrogen-bond acceptors (Lipinski definition) is 3. The highest BCUT2D eigenvalue weighted by Gasteiger charge is 2.69. The summed E-state index contributed by atoms with van der Waals surface area (Å²) in [5.74, 6) is 0.0393. The van der Waals surface area contributed by atoms with Crippen LogP contribution in [0.2, 0.25) is 0 Å². The molecule has 0 aromatic rings. The summed E-state index contributed by atoms with van der Waals surface area (Å²) in [6, 6.07) is 0. The molecule has 0 aromatic heterocycles. The SMILES string of the molecule is CC(C)(O)CCC[C@](C)(CC=CC(O)(C(F)(F)F)C(F)(F)F)[C@H]1CCC2[C@@H](O)CCC[C@@]21C. The molecule has 3 nitrogen and oxygen atoms in total. The van der Waals surface area contributed by atoms with Crippen LogP contribution in [0.25, 0.3) is 0 Å². The highest BCUT2D eigenvalue weighted by atomic mass is 19.4. The van der Waals surface area contributed by atoms with Crippen LogP contribution in [0.1, 0.15) is 85.5 Å². The first-order valence-electron chi connectivity index (χ1n) is 11.7. The summed E-state index contributed by atoms with van der Waals surface area (Å²) in [6.07, 6.45) is -6.29. The van der Waals surface area contributed by atoms with Gasteiger partial charge in [-0.2, -0.15) is 26.3 Å². The Labute approximate surface area is 192 Å². The zero-order chi connectivity index (χ0) is 25.5. The van der Waals surface area contributed by atoms with Crippen molar-refractivity contribution in [2.45, 2.75) is 115 Å². The molecule has 194 valence electrons. The minimum atomic E-state index is -5.89. The molecule has 0 aromatic carbocycles. The predicted molar refractivity (Wildman–Crippen MR) is 113 cm³/mol. The van der Waals surface area contributed by atoms with Gasteiger partial charge in [-0.3, -0.25) is 0 Å². The van der Waals surface area contributed by atoms with Gasteiger partial charge in [0.05, 0.1) is 11.7 Å². The average molecular weight is 489 g/mol. The first-order valence-corrected chi connectivity index (χ1v) is 11.7. The normalized spacial score (nSPS) is 31.6. The molecule has 0 saturated heterocycles. The van der Waals surface area contributed by atoms with Gasteiger partial charge in [0.1, 0.15) is 0 Å². The predicted octanol–water partition coefficient (Wildman–Crippen LogP) is 6.31. The molecule has 2 rings (SSSR count). The van der Waals surface area contributed by atoms with E-state index in [1.807, 2.05) is 6.92 Å². The van der Waals surface area contributed by atoms with Crippen molar-refractivity contribution in [2.24, 2.45) is 22.7 Å². The van der Waals surface area contributed by atoms with Crippen molar-refractivity contribution in [3.8, 4) is 0 Å². The quantitative estimate of drug-likeness (QED) is 0.277. The van der Waals surface area contributed by atoms with Gasteiger partial charge in [0.25, 0.3) is 5.60 Å². The van der Waals surface area contributed by atoms with Crippen molar-refractivity contribution in [1.29, 1.82) is 0 Å². The van der Waals surface area contributed by atoms with Gasteiger partial charge >= 0.3 is 12.4 Å². The molecule has 2 fully saturated rings. The molecule has 0 aliphatic heterocycles. The van der Waals surface area contributed by atoms with Gasteiger partial charge in [-0.05, 0) is 87.5 Å². The maximum absolute atomic E-state index is 13.1. The third kappa shape index (κ3) is 5.89. The smallest absolute Gasteiger partial charge is 0.393 e. The number of halogens is 6. The number of alkyl halides is 6. The highest BCUT2D eigenvalue weighted by molar-refractivity contribution is 5.13. The van der Waals surface area contributed by atoms with E-state index in [2.05, 4.69) is 6.92 Å². The molecular formula is C24H38F6O3. The number of aliphatic hydroxyl groups is 3. The van der Waals surface area contributed by atoms with Crippen molar-refractivity contribution in [2.75, 3.05) is 0 Å². The van der Waals surface area contributed by atoms with Crippen LogP contribution in [0.5, 0.6) is 0 Å². The largest absolute Gasteiger partial charge is 0.429 e. The second kappa shape index (κ2) is 9.34. The Morgan fingerprint density at radius 1 is 0.909 bits per heavy atom. The number of aliphatic hydroxyl groups excluding tert-OH is 1. The van der Waals surface area contributed by atoms with Crippen LogP contribution in [0.15, 0.2) is 12.2 Å². The number of rotatable bonds is 8. The van der Waals surface area contributed by atoms with Gasteiger partial charge in [-0.1, -0.05) is 32.8 Å². The zero-order valence-corrected chi connectivity index (χ0v) is 19.9. The monoisotopic (exact) mass is 488 g/mol. The Kier molecular flexibility index (Phi) is 8.05. The van der Waals surface area contributed by atoms with Crippen molar-refractivity contribution in [3.05, 3.63) is 12.2 Å². The Balaban J connectivity index is 2.35. The van der Waals surface area contributed by atoms with E-state index in [9.17, 15) is 41.7 Å². The van der Waals surface area contributed by atoms with Crippen molar-refractivity contribution in [1.82, 2.24) is 0 Å². The molecule has 33 heavy (non-hydrogen) atoms. The standard InChI is InChI=1S/C24H38F6O3/c1-19(2,32)11-6-12-20(3,13-7-15-22(33,23(25,26)27)24(28,29)30)18-10-9-16-17(31)8-5-14-21(16,18)4/h7,15-18,31-33H,5-6,8-14H2,1-4H3/t16?,17-,18+,20+,21-/m0/s1. The fourth-order valence-electron chi connectivity index (χ4n) is 6.49. The summed E-state index contributed by atoms with van der Waals surface area (Å²) >= 11 is 0. The van der Waals surface area contributed by atoms with Gasteiger partial charge in [-0.15, -0.1) is 0 Å². The Hall–Kier alpha value is -0.800. The van der Waals surface area contributed by atoms with Crippen molar-refractivity contribution < 1.29 is 41.7 Å². The van der Waals surface area contributed by atoms with Gasteiger partial charge in [0.2, 0.25) is 0 Å². The molecule has 2 aliphatic carbocycles. The summed E-state index contributed by atoms with van der Waals surface area (Å²) in [5.41, 5.74) is -6.76. The first kappa shape index (κ1) is 28.4. The molecule has 0 radical (unpaired) electrons. The van der Waals surface area contributed by atoms with E-state index in [1.165, 1.54) is 0 Å². The fourth-order valence-corrected chi connectivity index (χ4v) is 6.49. The molecule has 0 bridgehead atoms. The van der Waals surface area contributed by atoms with Gasteiger partial charge < -0.3 is 15.3 Å². The van der Waals surface area contributed by atoms with E-state index >= 15 is 0 Å². The lowest BCUT2D eigenvalue weighted by molar-refractivity contribution is -0.347. The summed E-state index contributed by atoms with van der Waals surface area (Å²) in [4.78, 5) is 0. The maximum Gasteiger partial charge on any atom is 0.429 e. The molecule has 0 spiro atoms. The van der Waals surface area contributed by atoms with E-state index in [0.29, 0.717) is 25.7 Å². The second-order valence-corrected chi connectivity index (χ2v) is 11.4. The average Bonchev–Trinajstić information content (AvgIpc) is 2.97. The Bertz CT molecular complexity index is 682. The first-order chi connectivity index (χ1) is 14.8. The molecule has 5 atom stereocenters. The van der Waals surface area contributed by atoms with Crippen LogP contribution in [0.4, 0.5) is 26.3 Å². The summed E-state index contributed by atoms with van der Waals surface area (Å²) in [5, 5.41) is 30.1. The molecule has 2 saturated carbocycles. The lowest BCUT2D eigenvalue weighted by atomic mass is 9.56. The van der Waals surface area contributed by atoms with E-state index in [-0.39, 0.29) is 29.7 Å². The summed E-state index contributed by atoms with van der Waals surface area (Å²) in [6.45, 7) is 7.27. The Morgan fingerprint density at radius 2 is 1.48 bits per heavy atom. The molecule has 1 unspecified atom stereocenters. The molecule has 9 heteroatoms. The van der Waals surface area contributed by atoms with Crippen LogP contribution in [0.3, 0.4) is 0 Å². The third-order valence-corrected chi connectivity index (χ3v) is 8.27. The number of hydrogen-bond donors (Lipinski definition) is 3. The molecular weight excluding hydrogens is 450 g/mol. The number of allylic oxidation sites excluding steroid dienone is 1. The van der Waals surface area contributed by atoms with Crippen molar-refractivity contribution >= 4 is 0 Å². The van der Waals surface area contributed by atoms with Gasteiger partial charge in [0, 0.05) is 0 Å². The molecule has 3 N–H and O–H groups in total. The van der Waals surface area contributed by atoms with Crippen LogP contribution in [-0.2, 0) is 0 Å². The van der Waals surface area contributed by atoms with Crippen LogP contribution in [-0.4, -0.2) is 45.0 Å². The van der Waals surface area contributed by atoms with Crippen LogP contribution < -0.4 is 0 Å². The van der Waals surface area contributed by atoms with E-state index in [0.717, 1.165) is 31.8 Å². The fraction of sp³-hybridized carbons (Fsp3) is 0.917. The molecule has 2 aliphatic rings. The van der Waals surface area contributed by atoms with E-state index < -0.39 is 35.1 Å². The summed E-state index contributed by atoms with van der Waals surface area (Å²) < 4.78 is 78.6. The zero-order valence-electron chi connectivity index (χ0n) is 19.9. The Morgan fingerprint density at radius 3 is 2.00 bits per heavy atom. The highest BCUT2D eigenvalue weighted by Crippen LogP contribution is 2.62. The minimum absolute atomic E-state index is 0.0127. The molecule has 0 heterocycles. The van der Waals surface area contributed by atoms with Crippen LogP contribution >= 0.6 is 0 Å². The third-order valence-electron chi connectivity index (χ3n) is 8.27. The van der Waals surface area contributed by atoms with Gasteiger partial charge in [0.15, 0.2) is 0 Å². The lowest BCUT2D eigenvalue weighted by Crippen LogP contribution is -2.55. The molecule has 0 amide bonds. The summed E-state index contributed by atoms with van der Waals surface area (Å²) in [7, 11) is 0. The minimum Gasteiger partial charge on any atom is -0.393 e.